The van der Waals surface area contributed by atoms with Crippen LogP contribution in [0.15, 0.2) is 66.7 Å². The van der Waals surface area contributed by atoms with Crippen LogP contribution in [0.5, 0.6) is 11.5 Å². The van der Waals surface area contributed by atoms with E-state index < -0.39 is 0 Å². The average Bonchev–Trinajstić information content (AvgIpc) is 2.82. The van der Waals surface area contributed by atoms with Crippen LogP contribution in [0.2, 0.25) is 0 Å². The van der Waals surface area contributed by atoms with Crippen molar-refractivity contribution in [3.05, 3.63) is 89.1 Å². The summed E-state index contributed by atoms with van der Waals surface area (Å²) in [7, 11) is 0. The minimum Gasteiger partial charge on any atom is -0.490 e. The zero-order chi connectivity index (χ0) is 23.4. The Kier molecular flexibility index (Phi) is 6.98. The first kappa shape index (κ1) is 22.8. The lowest BCUT2D eigenvalue weighted by molar-refractivity contribution is 0.229. The van der Waals surface area contributed by atoms with E-state index in [1.807, 2.05) is 12.1 Å². The van der Waals surface area contributed by atoms with Crippen LogP contribution < -0.4 is 9.47 Å². The molecular weight excluding hydrogens is 406 g/mol. The van der Waals surface area contributed by atoms with E-state index >= 15 is 0 Å². The topological polar surface area (TPSA) is 31.4 Å². The zero-order valence-corrected chi connectivity index (χ0v) is 20.3. The van der Waals surface area contributed by atoms with Gasteiger partial charge < -0.3 is 9.47 Å². The second-order valence-electron chi connectivity index (χ2n) is 8.69. The van der Waals surface area contributed by atoms with Gasteiger partial charge in [0.25, 0.3) is 0 Å². The Labute approximate surface area is 197 Å². The van der Waals surface area contributed by atoms with Gasteiger partial charge in [0.2, 0.25) is 0 Å². The van der Waals surface area contributed by atoms with Gasteiger partial charge >= 0.3 is 0 Å². The summed E-state index contributed by atoms with van der Waals surface area (Å²) in [5.74, 6) is 1.69. The number of aryl methyl sites for hydroxylation is 3. The predicted molar refractivity (Wildman–Crippen MR) is 137 cm³/mol. The molecule has 33 heavy (non-hydrogen) atoms. The molecule has 0 radical (unpaired) electrons. The normalized spacial score (nSPS) is 11.2. The first-order chi connectivity index (χ1) is 16.0. The van der Waals surface area contributed by atoms with Crippen molar-refractivity contribution in [1.82, 2.24) is 4.98 Å². The highest BCUT2D eigenvalue weighted by Crippen LogP contribution is 2.34. The number of ether oxygens (including phenoxy) is 2. The van der Waals surface area contributed by atoms with Gasteiger partial charge in [-0.15, -0.1) is 0 Å². The molecular formula is C30H33NO2. The van der Waals surface area contributed by atoms with Gasteiger partial charge in [-0.25, -0.2) is 0 Å². The number of rotatable bonds is 8. The number of nitrogens with zero attached hydrogens (tertiary/aromatic N) is 1. The number of hydrogen-bond acceptors (Lipinski definition) is 3. The molecule has 4 aromatic rings. The molecule has 4 rings (SSSR count). The second-order valence-corrected chi connectivity index (χ2v) is 8.69. The third kappa shape index (κ3) is 5.03. The summed E-state index contributed by atoms with van der Waals surface area (Å²) in [5.41, 5.74) is 6.78. The quantitative estimate of drug-likeness (QED) is 0.282. The Morgan fingerprint density at radius 2 is 1.52 bits per heavy atom. The molecule has 0 fully saturated rings. The van der Waals surface area contributed by atoms with Crippen molar-refractivity contribution in [3.8, 4) is 22.8 Å². The van der Waals surface area contributed by atoms with Crippen LogP contribution in [0.4, 0.5) is 0 Å². The molecule has 0 spiro atoms. The summed E-state index contributed by atoms with van der Waals surface area (Å²) < 4.78 is 12.5. The molecule has 3 nitrogen and oxygen atoms in total. The number of benzene rings is 3. The SMILES string of the molecule is CCc1cccc(CC)c1-c1cc(OC(C)C)c(COc2ccc3ccccc3c2)c(C)n1. The van der Waals surface area contributed by atoms with Crippen molar-refractivity contribution in [3.63, 3.8) is 0 Å². The Morgan fingerprint density at radius 3 is 2.18 bits per heavy atom. The lowest BCUT2D eigenvalue weighted by Gasteiger charge is -2.20. The van der Waals surface area contributed by atoms with Crippen molar-refractivity contribution < 1.29 is 9.47 Å². The minimum absolute atomic E-state index is 0.0612. The molecule has 0 unspecified atom stereocenters. The van der Waals surface area contributed by atoms with Gasteiger partial charge in [0.1, 0.15) is 18.1 Å². The summed E-state index contributed by atoms with van der Waals surface area (Å²) in [4.78, 5) is 5.03. The van der Waals surface area contributed by atoms with Gasteiger partial charge in [-0.1, -0.05) is 62.4 Å². The summed E-state index contributed by atoms with van der Waals surface area (Å²) >= 11 is 0. The van der Waals surface area contributed by atoms with Crippen molar-refractivity contribution in [2.75, 3.05) is 0 Å². The van der Waals surface area contributed by atoms with Gasteiger partial charge in [-0.05, 0) is 67.6 Å². The van der Waals surface area contributed by atoms with E-state index in [1.165, 1.54) is 27.5 Å². The smallest absolute Gasteiger partial charge is 0.130 e. The fraction of sp³-hybridized carbons (Fsp3) is 0.300. The molecule has 0 saturated carbocycles. The van der Waals surface area contributed by atoms with Gasteiger partial charge in [-0.2, -0.15) is 0 Å². The van der Waals surface area contributed by atoms with Crippen molar-refractivity contribution in [2.45, 2.75) is 60.2 Å². The Bertz CT molecular complexity index is 1240. The first-order valence-electron chi connectivity index (χ1n) is 11.9. The third-order valence-electron chi connectivity index (χ3n) is 6.01. The Morgan fingerprint density at radius 1 is 0.818 bits per heavy atom. The molecule has 0 saturated heterocycles. The van der Waals surface area contributed by atoms with E-state index in [1.54, 1.807) is 0 Å². The van der Waals surface area contributed by atoms with E-state index in [0.29, 0.717) is 6.61 Å². The van der Waals surface area contributed by atoms with Crippen LogP contribution in [0.1, 0.15) is 50.1 Å². The standard InChI is InChI=1S/C30H33NO2/c1-6-22-13-10-14-23(7-2)30(22)28-18-29(33-20(3)4)27(21(5)31-28)19-32-26-16-15-24-11-8-9-12-25(24)17-26/h8-18,20H,6-7,19H2,1-5H3. The van der Waals surface area contributed by atoms with Gasteiger partial charge in [0, 0.05) is 17.3 Å². The highest BCUT2D eigenvalue weighted by atomic mass is 16.5. The van der Waals surface area contributed by atoms with Gasteiger partial charge in [-0.3, -0.25) is 4.98 Å². The van der Waals surface area contributed by atoms with Crippen molar-refractivity contribution >= 4 is 10.8 Å². The monoisotopic (exact) mass is 439 g/mol. The molecule has 3 aromatic carbocycles. The number of pyridine rings is 1. The van der Waals surface area contributed by atoms with Crippen LogP contribution in [-0.4, -0.2) is 11.1 Å². The third-order valence-corrected chi connectivity index (χ3v) is 6.01. The average molecular weight is 440 g/mol. The van der Waals surface area contributed by atoms with E-state index in [0.717, 1.165) is 41.3 Å². The van der Waals surface area contributed by atoms with E-state index in [-0.39, 0.29) is 6.10 Å². The van der Waals surface area contributed by atoms with E-state index in [9.17, 15) is 0 Å². The Hall–Kier alpha value is -3.33. The maximum Gasteiger partial charge on any atom is 0.130 e. The first-order valence-corrected chi connectivity index (χ1v) is 11.9. The van der Waals surface area contributed by atoms with Crippen LogP contribution >= 0.6 is 0 Å². The molecule has 0 aliphatic carbocycles. The van der Waals surface area contributed by atoms with Crippen LogP contribution in [0.25, 0.3) is 22.0 Å². The largest absolute Gasteiger partial charge is 0.490 e. The molecule has 0 atom stereocenters. The maximum absolute atomic E-state index is 6.27. The fourth-order valence-electron chi connectivity index (χ4n) is 4.32. The number of hydrogen-bond donors (Lipinski definition) is 0. The molecule has 1 aromatic heterocycles. The zero-order valence-electron chi connectivity index (χ0n) is 20.3. The Balaban J connectivity index is 1.71. The molecule has 0 amide bonds. The van der Waals surface area contributed by atoms with Gasteiger partial charge in [0.15, 0.2) is 0 Å². The second kappa shape index (κ2) is 10.1. The van der Waals surface area contributed by atoms with Crippen LogP contribution in [0.3, 0.4) is 0 Å². The van der Waals surface area contributed by atoms with E-state index in [4.69, 9.17) is 14.5 Å². The number of aromatic nitrogens is 1. The summed E-state index contributed by atoms with van der Waals surface area (Å²) in [6, 6.07) is 23.2. The van der Waals surface area contributed by atoms with Gasteiger partial charge in [0.05, 0.1) is 17.4 Å². The highest BCUT2D eigenvalue weighted by Gasteiger charge is 2.17. The molecule has 1 heterocycles. The molecule has 3 heteroatoms. The molecule has 0 N–H and O–H groups in total. The molecule has 0 aliphatic heterocycles. The maximum atomic E-state index is 6.27. The minimum atomic E-state index is 0.0612. The summed E-state index contributed by atoms with van der Waals surface area (Å²) in [6.45, 7) is 11.0. The van der Waals surface area contributed by atoms with Crippen LogP contribution in [-0.2, 0) is 19.4 Å². The summed E-state index contributed by atoms with van der Waals surface area (Å²) in [5, 5.41) is 2.37. The highest BCUT2D eigenvalue weighted by molar-refractivity contribution is 5.83. The van der Waals surface area contributed by atoms with Crippen molar-refractivity contribution in [2.24, 2.45) is 0 Å². The lowest BCUT2D eigenvalue weighted by Crippen LogP contribution is -2.11. The lowest BCUT2D eigenvalue weighted by atomic mass is 9.94. The predicted octanol–water partition coefficient (Wildman–Crippen LogP) is 7.70. The van der Waals surface area contributed by atoms with Crippen LogP contribution in [0, 0.1) is 6.92 Å². The molecule has 0 aliphatic rings. The fourth-order valence-corrected chi connectivity index (χ4v) is 4.32. The van der Waals surface area contributed by atoms with E-state index in [2.05, 4.69) is 89.2 Å². The summed E-state index contributed by atoms with van der Waals surface area (Å²) in [6.07, 6.45) is 2.00. The van der Waals surface area contributed by atoms with Crippen molar-refractivity contribution in [1.29, 1.82) is 0 Å². The number of fused-ring (bicyclic) bond motifs is 1. The molecule has 0 bridgehead atoms. The molecule has 170 valence electrons.